The van der Waals surface area contributed by atoms with E-state index in [-0.39, 0.29) is 12.2 Å². The average molecular weight is 347 g/mol. The van der Waals surface area contributed by atoms with E-state index < -0.39 is 30.5 Å². The smallest absolute Gasteiger partial charge is 0.416 e. The Kier molecular flexibility index (Phi) is 5.61. The van der Waals surface area contributed by atoms with Crippen molar-refractivity contribution >= 4 is 5.69 Å². The Bertz CT molecular complexity index is 670. The molecule has 2 rings (SSSR count). The summed E-state index contributed by atoms with van der Waals surface area (Å²) in [4.78, 5) is 0. The second-order valence-electron chi connectivity index (χ2n) is 5.03. The minimum absolute atomic E-state index is 0.108. The second kappa shape index (κ2) is 7.48. The third-order valence-electron chi connectivity index (χ3n) is 3.04. The number of anilines is 1. The highest BCUT2D eigenvalue weighted by atomic mass is 19.4. The van der Waals surface area contributed by atoms with Gasteiger partial charge in [-0.25, -0.2) is 8.78 Å². The van der Waals surface area contributed by atoms with Crippen molar-refractivity contribution in [3.8, 4) is 5.75 Å². The summed E-state index contributed by atoms with van der Waals surface area (Å²) >= 11 is 0. The van der Waals surface area contributed by atoms with Gasteiger partial charge in [-0.1, -0.05) is 6.07 Å². The molecule has 0 aliphatic carbocycles. The van der Waals surface area contributed by atoms with Crippen molar-refractivity contribution in [3.05, 3.63) is 59.7 Å². The molecule has 0 saturated heterocycles. The summed E-state index contributed by atoms with van der Waals surface area (Å²) in [5, 5.41) is 11.4. The predicted molar refractivity (Wildman–Crippen MR) is 77.7 cm³/mol. The number of hydrogen-bond donors (Lipinski definition) is 2. The zero-order valence-corrected chi connectivity index (χ0v) is 12.3. The maximum absolute atomic E-state index is 13.1. The van der Waals surface area contributed by atoms with Gasteiger partial charge in [0.2, 0.25) is 0 Å². The van der Waals surface area contributed by atoms with Crippen LogP contribution in [0.3, 0.4) is 0 Å². The molecule has 8 heteroatoms. The summed E-state index contributed by atoms with van der Waals surface area (Å²) in [6, 6.07) is 8.96. The van der Waals surface area contributed by atoms with Crippen LogP contribution in [0.2, 0.25) is 0 Å². The summed E-state index contributed by atoms with van der Waals surface area (Å²) in [5.41, 5.74) is 0.583. The number of halogens is 5. The summed E-state index contributed by atoms with van der Waals surface area (Å²) in [6.45, 7) is -0.814. The highest BCUT2D eigenvalue weighted by molar-refractivity contribution is 5.48. The standard InChI is InChI=1S/C16H14F5NO2/c17-11-4-10(5-12(18)6-11)9-24-14-3-1-2-13(7-14)22-8-15(23)16(19,20)21/h1-7,15,22-23H,8-9H2. The summed E-state index contributed by atoms with van der Waals surface area (Å²) in [7, 11) is 0. The van der Waals surface area contributed by atoms with Crippen LogP contribution in [-0.4, -0.2) is 23.9 Å². The first-order valence-corrected chi connectivity index (χ1v) is 6.90. The van der Waals surface area contributed by atoms with Crippen molar-refractivity contribution in [2.45, 2.75) is 18.9 Å². The number of aliphatic hydroxyl groups excluding tert-OH is 1. The highest BCUT2D eigenvalue weighted by Gasteiger charge is 2.37. The third-order valence-corrected chi connectivity index (χ3v) is 3.04. The van der Waals surface area contributed by atoms with Crippen molar-refractivity contribution in [2.75, 3.05) is 11.9 Å². The first kappa shape index (κ1) is 18.0. The van der Waals surface area contributed by atoms with Gasteiger partial charge in [-0.15, -0.1) is 0 Å². The number of aliphatic hydroxyl groups is 1. The van der Waals surface area contributed by atoms with Gasteiger partial charge in [0.1, 0.15) is 24.0 Å². The van der Waals surface area contributed by atoms with Gasteiger partial charge >= 0.3 is 6.18 Å². The van der Waals surface area contributed by atoms with Crippen LogP contribution in [0.5, 0.6) is 5.75 Å². The Hall–Kier alpha value is -2.35. The van der Waals surface area contributed by atoms with Crippen LogP contribution in [0.15, 0.2) is 42.5 Å². The lowest BCUT2D eigenvalue weighted by atomic mass is 10.2. The zero-order chi connectivity index (χ0) is 17.7. The van der Waals surface area contributed by atoms with Crippen LogP contribution in [0.25, 0.3) is 0 Å². The number of benzene rings is 2. The molecule has 3 nitrogen and oxygen atoms in total. The van der Waals surface area contributed by atoms with Crippen molar-refractivity contribution in [3.63, 3.8) is 0 Å². The molecule has 0 aliphatic heterocycles. The number of nitrogens with one attached hydrogen (secondary N) is 1. The Morgan fingerprint density at radius 1 is 1.04 bits per heavy atom. The van der Waals surface area contributed by atoms with E-state index in [2.05, 4.69) is 5.32 Å². The quantitative estimate of drug-likeness (QED) is 0.780. The van der Waals surface area contributed by atoms with Gasteiger partial charge in [-0.05, 0) is 29.8 Å². The number of ether oxygens (including phenoxy) is 1. The van der Waals surface area contributed by atoms with E-state index in [4.69, 9.17) is 9.84 Å². The SMILES string of the molecule is OC(CNc1cccc(OCc2cc(F)cc(F)c2)c1)C(F)(F)F. The Morgan fingerprint density at radius 3 is 2.33 bits per heavy atom. The van der Waals surface area contributed by atoms with E-state index in [1.165, 1.54) is 18.2 Å². The van der Waals surface area contributed by atoms with Crippen molar-refractivity contribution in [1.82, 2.24) is 0 Å². The van der Waals surface area contributed by atoms with Crippen LogP contribution in [0.1, 0.15) is 5.56 Å². The van der Waals surface area contributed by atoms with Gasteiger partial charge in [0.25, 0.3) is 0 Å². The van der Waals surface area contributed by atoms with Crippen LogP contribution in [0, 0.1) is 11.6 Å². The molecule has 2 aromatic rings. The van der Waals surface area contributed by atoms with E-state index in [9.17, 15) is 22.0 Å². The monoisotopic (exact) mass is 347 g/mol. The number of rotatable bonds is 6. The Morgan fingerprint density at radius 2 is 1.71 bits per heavy atom. The first-order chi connectivity index (χ1) is 11.2. The van der Waals surface area contributed by atoms with Crippen molar-refractivity contribution in [1.29, 1.82) is 0 Å². The fourth-order valence-electron chi connectivity index (χ4n) is 1.89. The fraction of sp³-hybridized carbons (Fsp3) is 0.250. The minimum atomic E-state index is -4.71. The second-order valence-corrected chi connectivity index (χ2v) is 5.03. The molecule has 0 saturated carbocycles. The Balaban J connectivity index is 1.95. The topological polar surface area (TPSA) is 41.5 Å². The molecule has 130 valence electrons. The normalized spacial score (nSPS) is 12.8. The van der Waals surface area contributed by atoms with Crippen LogP contribution in [0.4, 0.5) is 27.6 Å². The molecular weight excluding hydrogens is 333 g/mol. The van der Waals surface area contributed by atoms with Crippen molar-refractivity contribution in [2.24, 2.45) is 0 Å². The summed E-state index contributed by atoms with van der Waals surface area (Å²) in [5.74, 6) is -1.17. The van der Waals surface area contributed by atoms with Gasteiger partial charge in [-0.2, -0.15) is 13.2 Å². The van der Waals surface area contributed by atoms with Crippen LogP contribution < -0.4 is 10.1 Å². The van der Waals surface area contributed by atoms with Crippen molar-refractivity contribution < 1.29 is 31.8 Å². The van der Waals surface area contributed by atoms with E-state index in [1.807, 2.05) is 0 Å². The molecule has 0 heterocycles. The minimum Gasteiger partial charge on any atom is -0.489 e. The summed E-state index contributed by atoms with van der Waals surface area (Å²) < 4.78 is 68.2. The van der Waals surface area contributed by atoms with Crippen LogP contribution in [-0.2, 0) is 6.61 Å². The molecule has 24 heavy (non-hydrogen) atoms. The molecule has 0 bridgehead atoms. The highest BCUT2D eigenvalue weighted by Crippen LogP contribution is 2.22. The van der Waals surface area contributed by atoms with E-state index >= 15 is 0 Å². The predicted octanol–water partition coefficient (Wildman–Crippen LogP) is 3.88. The maximum atomic E-state index is 13.1. The lowest BCUT2D eigenvalue weighted by molar-refractivity contribution is -0.198. The van der Waals surface area contributed by atoms with Crippen LogP contribution >= 0.6 is 0 Å². The van der Waals surface area contributed by atoms with Gasteiger partial charge in [0, 0.05) is 24.4 Å². The average Bonchev–Trinajstić information content (AvgIpc) is 2.49. The summed E-state index contributed by atoms with van der Waals surface area (Å²) in [6.07, 6.45) is -7.19. The maximum Gasteiger partial charge on any atom is 0.416 e. The van der Waals surface area contributed by atoms with Gasteiger partial charge in [-0.3, -0.25) is 0 Å². The van der Waals surface area contributed by atoms with Gasteiger partial charge in [0.05, 0.1) is 0 Å². The van der Waals surface area contributed by atoms with E-state index in [0.717, 1.165) is 18.2 Å². The molecule has 0 spiro atoms. The molecule has 0 fully saturated rings. The number of hydrogen-bond acceptors (Lipinski definition) is 3. The lowest BCUT2D eigenvalue weighted by Crippen LogP contribution is -2.34. The van der Waals surface area contributed by atoms with Gasteiger partial charge < -0.3 is 15.2 Å². The molecule has 0 aromatic heterocycles. The molecule has 0 aliphatic rings. The van der Waals surface area contributed by atoms with Gasteiger partial charge in [0.15, 0.2) is 6.10 Å². The molecule has 2 aromatic carbocycles. The fourth-order valence-corrected chi connectivity index (χ4v) is 1.89. The van der Waals surface area contributed by atoms with E-state index in [1.54, 1.807) is 6.07 Å². The molecular formula is C16H14F5NO2. The molecule has 0 amide bonds. The molecule has 1 unspecified atom stereocenters. The lowest BCUT2D eigenvalue weighted by Gasteiger charge is -2.16. The number of alkyl halides is 3. The molecule has 2 N–H and O–H groups in total. The van der Waals surface area contributed by atoms with E-state index in [0.29, 0.717) is 11.4 Å². The molecule has 0 radical (unpaired) electrons. The Labute approximate surface area is 134 Å². The molecule has 1 atom stereocenters. The first-order valence-electron chi connectivity index (χ1n) is 6.90. The zero-order valence-electron chi connectivity index (χ0n) is 12.3. The third kappa shape index (κ3) is 5.38. The largest absolute Gasteiger partial charge is 0.489 e.